The second kappa shape index (κ2) is 7.04. The summed E-state index contributed by atoms with van der Waals surface area (Å²) in [6.07, 6.45) is 6.53. The van der Waals surface area contributed by atoms with E-state index in [2.05, 4.69) is 29.7 Å². The maximum atomic E-state index is 12.9. The van der Waals surface area contributed by atoms with Crippen LogP contribution in [0, 0.1) is 13.8 Å². The zero-order valence-corrected chi connectivity index (χ0v) is 15.4. The molecule has 0 aliphatic carbocycles. The van der Waals surface area contributed by atoms with Crippen LogP contribution in [-0.2, 0) is 17.8 Å². The van der Waals surface area contributed by atoms with Gasteiger partial charge in [-0.15, -0.1) is 0 Å². The molecule has 0 spiro atoms. The van der Waals surface area contributed by atoms with Crippen molar-refractivity contribution < 1.29 is 14.1 Å². The fourth-order valence-corrected chi connectivity index (χ4v) is 3.88. The Labute approximate surface area is 154 Å². The van der Waals surface area contributed by atoms with Gasteiger partial charge in [-0.25, -0.2) is 0 Å². The fraction of sp³-hybridized carbons (Fsp3) is 0.364. The number of fused-ring (bicyclic) bond motifs is 1. The molecule has 1 saturated heterocycles. The second-order valence-corrected chi connectivity index (χ2v) is 7.20. The van der Waals surface area contributed by atoms with Crippen LogP contribution in [0.1, 0.15) is 34.6 Å². The highest BCUT2D eigenvalue weighted by molar-refractivity contribution is 5.96. The molecular weight excluding hydrogens is 324 g/mol. The topological polar surface area (TPSA) is 35.1 Å². The van der Waals surface area contributed by atoms with Crippen LogP contribution in [-0.4, -0.2) is 23.1 Å². The minimum Gasteiger partial charge on any atom is -0.376 e. The van der Waals surface area contributed by atoms with Gasteiger partial charge in [-0.3, -0.25) is 4.79 Å². The van der Waals surface area contributed by atoms with Crippen molar-refractivity contribution in [3.05, 3.63) is 65.7 Å². The van der Waals surface area contributed by atoms with E-state index in [1.54, 1.807) is 0 Å². The lowest BCUT2D eigenvalue weighted by atomic mass is 10.1. The number of carbonyl (C=O) groups excluding carboxylic acids is 1. The van der Waals surface area contributed by atoms with Gasteiger partial charge < -0.3 is 9.30 Å². The molecule has 3 heterocycles. The summed E-state index contributed by atoms with van der Waals surface area (Å²) in [6.45, 7) is 6.17. The van der Waals surface area contributed by atoms with E-state index in [4.69, 9.17) is 4.74 Å². The maximum absolute atomic E-state index is 12.9. The molecule has 4 nitrogen and oxygen atoms in total. The smallest absolute Gasteiger partial charge is 0.229 e. The zero-order chi connectivity index (χ0) is 18.1. The van der Waals surface area contributed by atoms with E-state index < -0.39 is 0 Å². The fourth-order valence-electron chi connectivity index (χ4n) is 3.88. The third kappa shape index (κ3) is 3.29. The number of pyridine rings is 1. The Hall–Kier alpha value is -2.46. The number of hydrogen-bond acceptors (Lipinski definition) is 2. The third-order valence-electron chi connectivity index (χ3n) is 5.36. The van der Waals surface area contributed by atoms with Gasteiger partial charge in [-0.2, -0.15) is 4.57 Å². The summed E-state index contributed by atoms with van der Waals surface area (Å²) >= 11 is 0. The highest BCUT2D eigenvalue weighted by Gasteiger charge is 2.22. The van der Waals surface area contributed by atoms with Crippen LogP contribution < -0.4 is 4.57 Å². The van der Waals surface area contributed by atoms with E-state index in [9.17, 15) is 4.79 Å². The molecule has 1 aromatic carbocycles. The van der Waals surface area contributed by atoms with Gasteiger partial charge >= 0.3 is 0 Å². The molecule has 0 N–H and O–H groups in total. The number of ether oxygens (including phenoxy) is 1. The minimum atomic E-state index is 0.150. The van der Waals surface area contributed by atoms with Gasteiger partial charge in [0.25, 0.3) is 0 Å². The number of hydrogen-bond donors (Lipinski definition) is 0. The monoisotopic (exact) mass is 349 g/mol. The molecule has 0 bridgehead atoms. The molecule has 4 rings (SSSR count). The first kappa shape index (κ1) is 17.0. The van der Waals surface area contributed by atoms with E-state index in [-0.39, 0.29) is 11.9 Å². The van der Waals surface area contributed by atoms with E-state index in [0.29, 0.717) is 6.54 Å². The van der Waals surface area contributed by atoms with Crippen molar-refractivity contribution in [3.8, 4) is 0 Å². The van der Waals surface area contributed by atoms with E-state index >= 15 is 0 Å². The Kier molecular flexibility index (Phi) is 4.60. The number of carbonyl (C=O) groups is 1. The second-order valence-electron chi connectivity index (χ2n) is 7.20. The van der Waals surface area contributed by atoms with Gasteiger partial charge in [-0.05, 0) is 44.2 Å². The number of Topliss-reactive ketones (excluding diaryl/α,β-unsaturated/α-hetero) is 1. The summed E-state index contributed by atoms with van der Waals surface area (Å²) in [4.78, 5) is 12.9. The summed E-state index contributed by atoms with van der Waals surface area (Å²) in [5.74, 6) is 0.150. The van der Waals surface area contributed by atoms with Crippen LogP contribution >= 0.6 is 0 Å². The van der Waals surface area contributed by atoms with Crippen LogP contribution in [0.4, 0.5) is 0 Å². The SMILES string of the molecule is Cc1cc(C(=O)C[n+]2ccc3ccccc3c2)c(C)n1C[C@H]1CCCO1. The molecule has 26 heavy (non-hydrogen) atoms. The quantitative estimate of drug-likeness (QED) is 0.521. The van der Waals surface area contributed by atoms with Crippen molar-refractivity contribution in [2.75, 3.05) is 6.61 Å². The Morgan fingerprint density at radius 2 is 2.04 bits per heavy atom. The lowest BCUT2D eigenvalue weighted by Crippen LogP contribution is -2.37. The van der Waals surface area contributed by atoms with Crippen molar-refractivity contribution in [3.63, 3.8) is 0 Å². The van der Waals surface area contributed by atoms with Crippen molar-refractivity contribution >= 4 is 16.6 Å². The van der Waals surface area contributed by atoms with Crippen LogP contribution in [0.3, 0.4) is 0 Å². The first-order valence-electron chi connectivity index (χ1n) is 9.31. The molecule has 2 aromatic heterocycles. The maximum Gasteiger partial charge on any atom is 0.229 e. The molecule has 0 unspecified atom stereocenters. The van der Waals surface area contributed by atoms with Crippen LogP contribution in [0.5, 0.6) is 0 Å². The lowest BCUT2D eigenvalue weighted by Gasteiger charge is -2.14. The zero-order valence-electron chi connectivity index (χ0n) is 15.4. The highest BCUT2D eigenvalue weighted by atomic mass is 16.5. The normalized spacial score (nSPS) is 17.1. The number of nitrogens with zero attached hydrogens (tertiary/aromatic N) is 2. The molecule has 0 radical (unpaired) electrons. The van der Waals surface area contributed by atoms with Crippen LogP contribution in [0.2, 0.25) is 0 Å². The molecule has 1 aliphatic rings. The van der Waals surface area contributed by atoms with Crippen molar-refractivity contribution in [2.45, 2.75) is 45.9 Å². The minimum absolute atomic E-state index is 0.150. The number of ketones is 1. The van der Waals surface area contributed by atoms with Crippen molar-refractivity contribution in [1.82, 2.24) is 4.57 Å². The van der Waals surface area contributed by atoms with Gasteiger partial charge in [0.05, 0.1) is 6.10 Å². The van der Waals surface area contributed by atoms with Gasteiger partial charge in [0.2, 0.25) is 12.3 Å². The average Bonchev–Trinajstić information content (AvgIpc) is 3.25. The summed E-state index contributed by atoms with van der Waals surface area (Å²) in [5.41, 5.74) is 3.00. The Balaban J connectivity index is 1.55. The van der Waals surface area contributed by atoms with E-state index in [0.717, 1.165) is 48.3 Å². The first-order chi connectivity index (χ1) is 12.6. The predicted octanol–water partition coefficient (Wildman–Crippen LogP) is 3.61. The number of benzene rings is 1. The highest BCUT2D eigenvalue weighted by Crippen LogP contribution is 2.21. The van der Waals surface area contributed by atoms with Crippen LogP contribution in [0.15, 0.2) is 48.8 Å². The molecule has 1 atom stereocenters. The summed E-state index contributed by atoms with van der Waals surface area (Å²) in [5, 5.41) is 2.33. The largest absolute Gasteiger partial charge is 0.376 e. The molecule has 0 amide bonds. The number of aryl methyl sites for hydroxylation is 1. The summed E-state index contributed by atoms with van der Waals surface area (Å²) in [7, 11) is 0. The number of rotatable bonds is 5. The van der Waals surface area contributed by atoms with E-state index in [1.807, 2.05) is 42.1 Å². The lowest BCUT2D eigenvalue weighted by molar-refractivity contribution is -0.681. The summed E-state index contributed by atoms with van der Waals surface area (Å²) < 4.78 is 9.96. The molecule has 134 valence electrons. The molecule has 1 fully saturated rings. The van der Waals surface area contributed by atoms with Crippen molar-refractivity contribution in [1.29, 1.82) is 0 Å². The van der Waals surface area contributed by atoms with Gasteiger partial charge in [0.1, 0.15) is 0 Å². The number of aromatic nitrogens is 2. The van der Waals surface area contributed by atoms with Crippen molar-refractivity contribution in [2.24, 2.45) is 0 Å². The Morgan fingerprint density at radius 3 is 2.81 bits per heavy atom. The van der Waals surface area contributed by atoms with E-state index in [1.165, 1.54) is 5.39 Å². The standard InChI is InChI=1S/C22H25N2O2/c1-16-12-21(17(2)24(16)14-20-8-5-11-26-20)22(25)15-23-10-9-18-6-3-4-7-19(18)13-23/h3-4,6-7,9-10,12-13,20H,5,8,11,14-15H2,1-2H3/q+1/t20-/m1/s1. The Bertz CT molecular complexity index is 952. The molecular formula is C22H25N2O2+. The molecule has 4 heteroatoms. The average molecular weight is 349 g/mol. The van der Waals surface area contributed by atoms with Gasteiger partial charge in [-0.1, -0.05) is 18.2 Å². The third-order valence-corrected chi connectivity index (χ3v) is 5.36. The van der Waals surface area contributed by atoms with Gasteiger partial charge in [0.15, 0.2) is 12.4 Å². The molecule has 3 aromatic rings. The van der Waals surface area contributed by atoms with Gasteiger partial charge in [0, 0.05) is 41.6 Å². The Morgan fingerprint density at radius 1 is 1.23 bits per heavy atom. The predicted molar refractivity (Wildman–Crippen MR) is 101 cm³/mol. The first-order valence-corrected chi connectivity index (χ1v) is 9.31. The van der Waals surface area contributed by atoms with Crippen LogP contribution in [0.25, 0.3) is 10.8 Å². The molecule has 0 saturated carbocycles. The summed E-state index contributed by atoms with van der Waals surface area (Å²) in [6, 6.07) is 12.3. The molecule has 1 aliphatic heterocycles.